The summed E-state index contributed by atoms with van der Waals surface area (Å²) in [4.78, 5) is 44.8. The second-order valence-corrected chi connectivity index (χ2v) is 5.87. The molecule has 1 atom stereocenters. The fraction of sp³-hybridized carbons (Fsp3) is 0.167. The molecule has 28 heavy (non-hydrogen) atoms. The second kappa shape index (κ2) is 8.71. The first kappa shape index (κ1) is 20.5. The third-order valence-corrected chi connectivity index (χ3v) is 3.70. The van der Waals surface area contributed by atoms with Crippen molar-refractivity contribution in [3.05, 3.63) is 69.5 Å². The number of rotatable bonds is 7. The van der Waals surface area contributed by atoms with E-state index >= 15 is 0 Å². The predicted molar refractivity (Wildman–Crippen MR) is 96.4 cm³/mol. The van der Waals surface area contributed by atoms with Gasteiger partial charge in [-0.25, -0.2) is 4.79 Å². The average Bonchev–Trinajstić information content (AvgIpc) is 2.61. The maximum atomic E-state index is 13.4. The summed E-state index contributed by atoms with van der Waals surface area (Å²) >= 11 is 0. The Balaban J connectivity index is 2.18. The van der Waals surface area contributed by atoms with Gasteiger partial charge in [0.25, 0.3) is 5.91 Å². The molecule has 0 unspecified atom stereocenters. The number of anilines is 1. The number of nitrogens with one attached hydrogen (secondary N) is 2. The van der Waals surface area contributed by atoms with Gasteiger partial charge in [-0.3, -0.25) is 19.7 Å². The van der Waals surface area contributed by atoms with Gasteiger partial charge in [-0.1, -0.05) is 12.1 Å². The number of hydrogen-bond acceptors (Lipinski definition) is 5. The topological polar surface area (TPSA) is 139 Å². The zero-order valence-corrected chi connectivity index (χ0v) is 14.6. The molecule has 9 nitrogen and oxygen atoms in total. The third kappa shape index (κ3) is 5.34. The highest BCUT2D eigenvalue weighted by molar-refractivity contribution is 5.98. The van der Waals surface area contributed by atoms with E-state index in [-0.39, 0.29) is 23.5 Å². The van der Waals surface area contributed by atoms with Crippen molar-refractivity contribution in [3.8, 4) is 0 Å². The predicted octanol–water partition coefficient (Wildman–Crippen LogP) is 2.12. The van der Waals surface area contributed by atoms with Crippen molar-refractivity contribution in [1.82, 2.24) is 5.32 Å². The van der Waals surface area contributed by atoms with Crippen LogP contribution in [-0.2, 0) is 16.0 Å². The first-order valence-corrected chi connectivity index (χ1v) is 8.01. The fourth-order valence-electron chi connectivity index (χ4n) is 2.44. The third-order valence-electron chi connectivity index (χ3n) is 3.70. The lowest BCUT2D eigenvalue weighted by atomic mass is 10.0. The van der Waals surface area contributed by atoms with E-state index in [0.29, 0.717) is 5.69 Å². The van der Waals surface area contributed by atoms with Crippen LogP contribution < -0.4 is 10.6 Å². The molecule has 0 bridgehead atoms. The van der Waals surface area contributed by atoms with E-state index in [1.807, 2.05) is 0 Å². The Morgan fingerprint density at radius 2 is 1.93 bits per heavy atom. The number of aliphatic carboxylic acids is 1. The van der Waals surface area contributed by atoms with Crippen LogP contribution in [-0.4, -0.2) is 33.9 Å². The second-order valence-electron chi connectivity index (χ2n) is 5.87. The number of carboxylic acid groups (broad SMARTS) is 1. The molecule has 2 amide bonds. The molecule has 0 spiro atoms. The zero-order chi connectivity index (χ0) is 20.8. The summed E-state index contributed by atoms with van der Waals surface area (Å²) in [5, 5.41) is 25.0. The highest BCUT2D eigenvalue weighted by atomic mass is 19.1. The van der Waals surface area contributed by atoms with Crippen molar-refractivity contribution >= 4 is 29.2 Å². The number of amides is 2. The van der Waals surface area contributed by atoms with E-state index in [2.05, 4.69) is 10.6 Å². The quantitative estimate of drug-likeness (QED) is 0.490. The van der Waals surface area contributed by atoms with Crippen LogP contribution in [0.4, 0.5) is 15.8 Å². The van der Waals surface area contributed by atoms with E-state index in [9.17, 15) is 34.0 Å². The number of carbonyl (C=O) groups excluding carboxylic acids is 2. The van der Waals surface area contributed by atoms with Crippen LogP contribution in [0.3, 0.4) is 0 Å². The molecular formula is C18H16FN3O6. The van der Waals surface area contributed by atoms with Gasteiger partial charge in [0.15, 0.2) is 0 Å². The van der Waals surface area contributed by atoms with Gasteiger partial charge in [0.2, 0.25) is 11.7 Å². The highest BCUT2D eigenvalue weighted by Crippen LogP contribution is 2.19. The summed E-state index contributed by atoms with van der Waals surface area (Å²) in [6.07, 6.45) is -0.284. The van der Waals surface area contributed by atoms with Crippen LogP contribution in [0.25, 0.3) is 0 Å². The summed E-state index contributed by atoms with van der Waals surface area (Å²) < 4.78 is 13.4. The van der Waals surface area contributed by atoms with Crippen LogP contribution >= 0.6 is 0 Å². The average molecular weight is 389 g/mol. The van der Waals surface area contributed by atoms with Crippen LogP contribution in [0.1, 0.15) is 22.8 Å². The van der Waals surface area contributed by atoms with E-state index in [0.717, 1.165) is 12.1 Å². The molecule has 2 aromatic rings. The maximum absolute atomic E-state index is 13.4. The molecule has 0 aliphatic heterocycles. The van der Waals surface area contributed by atoms with Crippen molar-refractivity contribution in [2.75, 3.05) is 5.32 Å². The fourth-order valence-corrected chi connectivity index (χ4v) is 2.44. The number of nitro benzene ring substituents is 1. The number of benzene rings is 2. The standard InChI is InChI=1S/C18H16FN3O6/c1-10(23)20-13-4-2-3-12(9-13)17(24)21-15(18(25)26)7-11-5-6-14(19)16(8-11)22(27)28/h2-6,8-9,15H,7H2,1H3,(H,20,23)(H,21,24)(H,25,26)/t15-/m1/s1. The van der Waals surface area contributed by atoms with Gasteiger partial charge in [-0.15, -0.1) is 0 Å². The molecule has 0 aliphatic carbocycles. The minimum Gasteiger partial charge on any atom is -0.480 e. The minimum absolute atomic E-state index is 0.114. The van der Waals surface area contributed by atoms with Crippen LogP contribution in [0.5, 0.6) is 0 Å². The molecule has 146 valence electrons. The minimum atomic E-state index is -1.40. The van der Waals surface area contributed by atoms with Gasteiger partial charge in [0, 0.05) is 30.7 Å². The molecule has 0 radical (unpaired) electrons. The molecular weight excluding hydrogens is 373 g/mol. The number of carboxylic acids is 1. The van der Waals surface area contributed by atoms with Gasteiger partial charge in [-0.05, 0) is 29.8 Å². The van der Waals surface area contributed by atoms with E-state index in [1.54, 1.807) is 6.07 Å². The monoisotopic (exact) mass is 389 g/mol. The summed E-state index contributed by atoms with van der Waals surface area (Å²) in [7, 11) is 0. The number of halogens is 1. The molecule has 0 fully saturated rings. The van der Waals surface area contributed by atoms with Crippen LogP contribution in [0.2, 0.25) is 0 Å². The molecule has 0 aliphatic rings. The van der Waals surface area contributed by atoms with Gasteiger partial charge in [0.1, 0.15) is 6.04 Å². The molecule has 0 saturated heterocycles. The van der Waals surface area contributed by atoms with Gasteiger partial charge in [-0.2, -0.15) is 4.39 Å². The SMILES string of the molecule is CC(=O)Nc1cccc(C(=O)N[C@H](Cc2ccc(F)c([N+](=O)[O-])c2)C(=O)O)c1. The molecule has 0 heterocycles. The van der Waals surface area contributed by atoms with Crippen LogP contribution in [0.15, 0.2) is 42.5 Å². The zero-order valence-electron chi connectivity index (χ0n) is 14.6. The summed E-state index contributed by atoms with van der Waals surface area (Å²) in [5.74, 6) is -3.45. The van der Waals surface area contributed by atoms with E-state index in [1.165, 1.54) is 31.2 Å². The molecule has 0 aromatic heterocycles. The largest absolute Gasteiger partial charge is 0.480 e. The van der Waals surface area contributed by atoms with Crippen molar-refractivity contribution < 1.29 is 28.8 Å². The molecule has 0 saturated carbocycles. The highest BCUT2D eigenvalue weighted by Gasteiger charge is 2.23. The molecule has 10 heteroatoms. The Hall–Kier alpha value is -3.82. The van der Waals surface area contributed by atoms with Crippen molar-refractivity contribution in [2.24, 2.45) is 0 Å². The lowest BCUT2D eigenvalue weighted by Crippen LogP contribution is -2.42. The normalized spacial score (nSPS) is 11.4. The van der Waals surface area contributed by atoms with E-state index < -0.39 is 34.3 Å². The van der Waals surface area contributed by atoms with Crippen LogP contribution in [0, 0.1) is 15.9 Å². The Morgan fingerprint density at radius 1 is 1.21 bits per heavy atom. The summed E-state index contributed by atoms with van der Waals surface area (Å²) in [6, 6.07) is 7.48. The Morgan fingerprint density at radius 3 is 2.54 bits per heavy atom. The summed E-state index contributed by atoms with van der Waals surface area (Å²) in [5.41, 5.74) is -0.132. The lowest BCUT2D eigenvalue weighted by molar-refractivity contribution is -0.387. The van der Waals surface area contributed by atoms with Crippen molar-refractivity contribution in [3.63, 3.8) is 0 Å². The first-order chi connectivity index (χ1) is 13.2. The Kier molecular flexibility index (Phi) is 6.38. The molecule has 3 N–H and O–H groups in total. The molecule has 2 rings (SSSR count). The maximum Gasteiger partial charge on any atom is 0.326 e. The van der Waals surface area contributed by atoms with Crippen molar-refractivity contribution in [2.45, 2.75) is 19.4 Å². The van der Waals surface area contributed by atoms with Gasteiger partial charge in [0.05, 0.1) is 4.92 Å². The number of nitrogens with zero attached hydrogens (tertiary/aromatic N) is 1. The van der Waals surface area contributed by atoms with Gasteiger partial charge < -0.3 is 15.7 Å². The van der Waals surface area contributed by atoms with Crippen molar-refractivity contribution in [1.29, 1.82) is 0 Å². The number of nitro groups is 1. The summed E-state index contributed by atoms with van der Waals surface area (Å²) in [6.45, 7) is 1.30. The lowest BCUT2D eigenvalue weighted by Gasteiger charge is -2.15. The smallest absolute Gasteiger partial charge is 0.326 e. The number of carbonyl (C=O) groups is 3. The van der Waals surface area contributed by atoms with E-state index in [4.69, 9.17) is 0 Å². The van der Waals surface area contributed by atoms with Gasteiger partial charge >= 0.3 is 11.7 Å². The first-order valence-electron chi connectivity index (χ1n) is 8.01. The Bertz CT molecular complexity index is 947. The Labute approximate surface area is 158 Å². The molecule has 2 aromatic carbocycles. The number of hydrogen-bond donors (Lipinski definition) is 3.